The van der Waals surface area contributed by atoms with Gasteiger partial charge < -0.3 is 4.74 Å². The van der Waals surface area contributed by atoms with Gasteiger partial charge in [0.15, 0.2) is 6.10 Å². The molecule has 0 spiro atoms. The van der Waals surface area contributed by atoms with E-state index < -0.39 is 28.1 Å². The maximum Gasteiger partial charge on any atom is 0.431 e. The highest BCUT2D eigenvalue weighted by Crippen LogP contribution is 2.23. The van der Waals surface area contributed by atoms with Crippen LogP contribution in [-0.2, 0) is 19.6 Å². The lowest BCUT2D eigenvalue weighted by molar-refractivity contribution is -0.126. The highest BCUT2D eigenvalue weighted by molar-refractivity contribution is 7.90. The van der Waals surface area contributed by atoms with Crippen LogP contribution >= 0.6 is 0 Å². The van der Waals surface area contributed by atoms with Crippen molar-refractivity contribution in [3.8, 4) is 0 Å². The molecular formula is C11H11NO5S. The number of nitrogens with zero attached hydrogens (tertiary/aromatic N) is 1. The fourth-order valence-electron chi connectivity index (χ4n) is 1.54. The molecule has 2 rings (SSSR count). The average molecular weight is 269 g/mol. The number of amides is 2. The third-order valence-electron chi connectivity index (χ3n) is 2.55. The van der Waals surface area contributed by atoms with Crippen LogP contribution in [0.3, 0.4) is 0 Å². The summed E-state index contributed by atoms with van der Waals surface area (Å²) in [5.41, 5.74) is 0.873. The van der Waals surface area contributed by atoms with Crippen LogP contribution in [0.4, 0.5) is 4.79 Å². The first-order chi connectivity index (χ1) is 8.34. The fraction of sp³-hybridized carbons (Fsp3) is 0.273. The average Bonchev–Trinajstić information content (AvgIpc) is 2.54. The lowest BCUT2D eigenvalue weighted by Gasteiger charge is -2.11. The monoisotopic (exact) mass is 269 g/mol. The van der Waals surface area contributed by atoms with Gasteiger partial charge in [-0.3, -0.25) is 4.79 Å². The summed E-state index contributed by atoms with van der Waals surface area (Å²) in [5.74, 6) is -0.874. The summed E-state index contributed by atoms with van der Waals surface area (Å²) in [7, 11) is -4.18. The number of hydrogen-bond acceptors (Lipinski definition) is 5. The van der Waals surface area contributed by atoms with Crippen LogP contribution in [-0.4, -0.2) is 30.8 Å². The Morgan fingerprint density at radius 2 is 1.72 bits per heavy atom. The number of benzene rings is 1. The molecule has 7 heteroatoms. The highest BCUT2D eigenvalue weighted by atomic mass is 32.2. The molecule has 0 unspecified atom stereocenters. The van der Waals surface area contributed by atoms with Crippen LogP contribution in [0.5, 0.6) is 0 Å². The number of carbonyl (C=O) groups is 2. The van der Waals surface area contributed by atoms with Crippen LogP contribution in [0.15, 0.2) is 29.2 Å². The van der Waals surface area contributed by atoms with Crippen LogP contribution in [0.25, 0.3) is 0 Å². The number of ether oxygens (including phenoxy) is 1. The first-order valence-corrected chi connectivity index (χ1v) is 6.64. The van der Waals surface area contributed by atoms with E-state index in [1.807, 2.05) is 0 Å². The van der Waals surface area contributed by atoms with Crippen molar-refractivity contribution in [2.24, 2.45) is 0 Å². The Bertz CT molecular complexity index is 605. The summed E-state index contributed by atoms with van der Waals surface area (Å²) in [6, 6.07) is 5.85. The van der Waals surface area contributed by atoms with E-state index in [-0.39, 0.29) is 9.20 Å². The molecule has 0 bridgehead atoms. The second-order valence-electron chi connectivity index (χ2n) is 3.95. The Hall–Kier alpha value is -1.89. The zero-order valence-electron chi connectivity index (χ0n) is 9.78. The molecule has 1 aromatic rings. The van der Waals surface area contributed by atoms with Crippen molar-refractivity contribution in [3.05, 3.63) is 29.8 Å². The van der Waals surface area contributed by atoms with Gasteiger partial charge in [0, 0.05) is 0 Å². The lowest BCUT2D eigenvalue weighted by atomic mass is 10.2. The molecule has 1 saturated heterocycles. The largest absolute Gasteiger partial charge is 0.435 e. The summed E-state index contributed by atoms with van der Waals surface area (Å²) >= 11 is 0. The Labute approximate surface area is 104 Å². The normalized spacial score (nSPS) is 20.1. The molecule has 6 nitrogen and oxygen atoms in total. The number of imide groups is 1. The summed E-state index contributed by atoms with van der Waals surface area (Å²) in [6.45, 7) is 3.12. The van der Waals surface area contributed by atoms with Gasteiger partial charge in [0.2, 0.25) is 0 Å². The molecule has 18 heavy (non-hydrogen) atoms. The van der Waals surface area contributed by atoms with E-state index in [4.69, 9.17) is 0 Å². The second-order valence-corrected chi connectivity index (χ2v) is 5.73. The maximum atomic E-state index is 12.1. The van der Waals surface area contributed by atoms with Crippen molar-refractivity contribution < 1.29 is 22.7 Å². The summed E-state index contributed by atoms with van der Waals surface area (Å²) in [6.07, 6.45) is -2.23. The predicted molar refractivity (Wildman–Crippen MR) is 61.2 cm³/mol. The summed E-state index contributed by atoms with van der Waals surface area (Å²) < 4.78 is 29.0. The molecule has 1 aliphatic heterocycles. The van der Waals surface area contributed by atoms with E-state index in [0.717, 1.165) is 5.56 Å². The fourth-order valence-corrected chi connectivity index (χ4v) is 2.85. The van der Waals surface area contributed by atoms with Gasteiger partial charge in [0.05, 0.1) is 4.90 Å². The molecule has 2 amide bonds. The molecule has 0 aliphatic carbocycles. The first-order valence-electron chi connectivity index (χ1n) is 5.20. The topological polar surface area (TPSA) is 80.8 Å². The molecule has 0 aromatic heterocycles. The van der Waals surface area contributed by atoms with Crippen LogP contribution in [0.1, 0.15) is 12.5 Å². The van der Waals surface area contributed by atoms with Crippen molar-refractivity contribution >= 4 is 22.0 Å². The first kappa shape index (κ1) is 12.6. The molecule has 1 fully saturated rings. The standard InChI is InChI=1S/C11H11NO5S/c1-7-3-5-9(6-4-7)18(15,16)12-10(13)8(2)17-11(12)14/h3-6,8H,1-2H3/t8-/m0/s1. The lowest BCUT2D eigenvalue weighted by Crippen LogP contribution is -2.36. The van der Waals surface area contributed by atoms with E-state index in [9.17, 15) is 18.0 Å². The molecular weight excluding hydrogens is 258 g/mol. The quantitative estimate of drug-likeness (QED) is 0.801. The van der Waals surface area contributed by atoms with E-state index >= 15 is 0 Å². The number of sulfonamides is 1. The number of rotatable bonds is 2. The SMILES string of the molecule is Cc1ccc(S(=O)(=O)N2C(=O)O[C@@H](C)C2=O)cc1. The smallest absolute Gasteiger partial charge is 0.431 e. The minimum atomic E-state index is -4.18. The second kappa shape index (κ2) is 4.09. The van der Waals surface area contributed by atoms with Gasteiger partial charge >= 0.3 is 6.09 Å². The Morgan fingerprint density at radius 1 is 1.17 bits per heavy atom. The molecule has 0 N–H and O–H groups in total. The molecule has 1 aliphatic rings. The van der Waals surface area contributed by atoms with Crippen molar-refractivity contribution in [3.63, 3.8) is 0 Å². The minimum absolute atomic E-state index is 0.118. The van der Waals surface area contributed by atoms with Gasteiger partial charge in [0.25, 0.3) is 15.9 Å². The molecule has 0 saturated carbocycles. The molecule has 1 aromatic carbocycles. The van der Waals surface area contributed by atoms with E-state index in [2.05, 4.69) is 4.74 Å². The van der Waals surface area contributed by atoms with Crippen molar-refractivity contribution in [2.45, 2.75) is 24.8 Å². The predicted octanol–water partition coefficient (Wildman–Crippen LogP) is 1.05. The van der Waals surface area contributed by atoms with Gasteiger partial charge in [0.1, 0.15) is 0 Å². The van der Waals surface area contributed by atoms with Crippen molar-refractivity contribution in [1.29, 1.82) is 0 Å². The van der Waals surface area contributed by atoms with Gasteiger partial charge in [-0.2, -0.15) is 0 Å². The van der Waals surface area contributed by atoms with Gasteiger partial charge in [-0.1, -0.05) is 17.7 Å². The Kier molecular flexibility index (Phi) is 2.86. The minimum Gasteiger partial charge on any atom is -0.435 e. The summed E-state index contributed by atoms with van der Waals surface area (Å²) in [4.78, 5) is 22.9. The Morgan fingerprint density at radius 3 is 2.17 bits per heavy atom. The van der Waals surface area contributed by atoms with E-state index in [1.54, 1.807) is 19.1 Å². The zero-order valence-corrected chi connectivity index (χ0v) is 10.6. The molecule has 1 heterocycles. The van der Waals surface area contributed by atoms with Gasteiger partial charge in [-0.15, -0.1) is 4.31 Å². The Balaban J connectivity index is 2.46. The van der Waals surface area contributed by atoms with Crippen LogP contribution < -0.4 is 0 Å². The molecule has 1 atom stereocenters. The number of cyclic esters (lactones) is 1. The van der Waals surface area contributed by atoms with Crippen molar-refractivity contribution in [1.82, 2.24) is 4.31 Å². The van der Waals surface area contributed by atoms with Crippen LogP contribution in [0.2, 0.25) is 0 Å². The number of carbonyl (C=O) groups excluding carboxylic acids is 2. The van der Waals surface area contributed by atoms with E-state index in [1.165, 1.54) is 19.1 Å². The third kappa shape index (κ3) is 1.86. The van der Waals surface area contributed by atoms with Gasteiger partial charge in [-0.25, -0.2) is 13.2 Å². The summed E-state index contributed by atoms with van der Waals surface area (Å²) in [5, 5.41) is 0. The van der Waals surface area contributed by atoms with E-state index in [0.29, 0.717) is 0 Å². The zero-order chi connectivity index (χ0) is 13.5. The maximum absolute atomic E-state index is 12.1. The van der Waals surface area contributed by atoms with Gasteiger partial charge in [-0.05, 0) is 26.0 Å². The number of aryl methyl sites for hydroxylation is 1. The third-order valence-corrected chi connectivity index (χ3v) is 4.23. The van der Waals surface area contributed by atoms with Crippen molar-refractivity contribution in [2.75, 3.05) is 0 Å². The molecule has 96 valence electrons. The molecule has 0 radical (unpaired) electrons. The van der Waals surface area contributed by atoms with Crippen LogP contribution in [0, 0.1) is 6.92 Å². The number of hydrogen-bond donors (Lipinski definition) is 0. The highest BCUT2D eigenvalue weighted by Gasteiger charge is 2.46.